The van der Waals surface area contributed by atoms with Gasteiger partial charge in [-0.3, -0.25) is 0 Å². The SMILES string of the molecule is C=CCCOC1CCCCC/C=C\1Br. The average Bonchev–Trinajstić information content (AvgIpc) is 2.17. The van der Waals surface area contributed by atoms with E-state index >= 15 is 0 Å². The quantitative estimate of drug-likeness (QED) is 0.543. The Balaban J connectivity index is 2.37. The van der Waals surface area contributed by atoms with E-state index in [0.717, 1.165) is 19.4 Å². The van der Waals surface area contributed by atoms with Crippen LogP contribution in [0.4, 0.5) is 0 Å². The van der Waals surface area contributed by atoms with E-state index in [9.17, 15) is 0 Å². The van der Waals surface area contributed by atoms with Gasteiger partial charge in [-0.1, -0.05) is 40.9 Å². The fourth-order valence-corrected chi connectivity index (χ4v) is 2.21. The van der Waals surface area contributed by atoms with Crippen molar-refractivity contribution in [1.29, 1.82) is 0 Å². The van der Waals surface area contributed by atoms with Crippen LogP contribution in [0.2, 0.25) is 0 Å². The third-order valence-corrected chi connectivity index (χ3v) is 3.29. The molecule has 2 heteroatoms. The standard InChI is InChI=1S/C12H19BrO/c1-2-3-10-14-12-9-7-5-4-6-8-11(12)13/h2,8,12H,1,3-7,9-10H2/b11-8+. The molecule has 0 heterocycles. The molecule has 0 aromatic heterocycles. The van der Waals surface area contributed by atoms with Gasteiger partial charge in [0.15, 0.2) is 0 Å². The summed E-state index contributed by atoms with van der Waals surface area (Å²) in [6.07, 6.45) is 11.6. The van der Waals surface area contributed by atoms with Crippen LogP contribution in [0.5, 0.6) is 0 Å². The summed E-state index contributed by atoms with van der Waals surface area (Å²) >= 11 is 3.60. The monoisotopic (exact) mass is 258 g/mol. The fourth-order valence-electron chi connectivity index (χ4n) is 1.62. The third kappa shape index (κ3) is 4.43. The molecular formula is C12H19BrO. The first-order valence-corrected chi connectivity index (χ1v) is 6.22. The summed E-state index contributed by atoms with van der Waals surface area (Å²) < 4.78 is 7.02. The lowest BCUT2D eigenvalue weighted by Gasteiger charge is -2.19. The average molecular weight is 259 g/mol. The molecule has 0 aromatic carbocycles. The Kier molecular flexibility index (Phi) is 6.20. The molecular weight excluding hydrogens is 240 g/mol. The predicted octanol–water partition coefficient (Wildman–Crippen LogP) is 4.19. The van der Waals surface area contributed by atoms with E-state index in [2.05, 4.69) is 28.6 Å². The maximum atomic E-state index is 5.78. The maximum Gasteiger partial charge on any atom is 0.0886 e. The summed E-state index contributed by atoms with van der Waals surface area (Å²) in [5.74, 6) is 0. The van der Waals surface area contributed by atoms with Gasteiger partial charge in [-0.25, -0.2) is 0 Å². The molecule has 80 valence electrons. The van der Waals surface area contributed by atoms with Crippen molar-refractivity contribution in [3.05, 3.63) is 23.2 Å². The molecule has 1 unspecified atom stereocenters. The second kappa shape index (κ2) is 7.24. The lowest BCUT2D eigenvalue weighted by atomic mass is 10.0. The molecule has 1 nitrogen and oxygen atoms in total. The summed E-state index contributed by atoms with van der Waals surface area (Å²) in [5.41, 5.74) is 0. The lowest BCUT2D eigenvalue weighted by molar-refractivity contribution is 0.0783. The maximum absolute atomic E-state index is 5.78. The molecule has 0 saturated heterocycles. The fraction of sp³-hybridized carbons (Fsp3) is 0.667. The molecule has 0 bridgehead atoms. The molecule has 0 fully saturated rings. The Morgan fingerprint density at radius 2 is 2.36 bits per heavy atom. The van der Waals surface area contributed by atoms with Gasteiger partial charge in [0.1, 0.15) is 0 Å². The van der Waals surface area contributed by atoms with Gasteiger partial charge in [0, 0.05) is 4.48 Å². The molecule has 1 aliphatic rings. The molecule has 0 N–H and O–H groups in total. The van der Waals surface area contributed by atoms with Crippen molar-refractivity contribution in [2.24, 2.45) is 0 Å². The minimum Gasteiger partial charge on any atom is -0.373 e. The van der Waals surface area contributed by atoms with E-state index < -0.39 is 0 Å². The first-order chi connectivity index (χ1) is 6.84. The zero-order chi connectivity index (χ0) is 10.2. The van der Waals surface area contributed by atoms with Crippen LogP contribution in [0, 0.1) is 0 Å². The minimum atomic E-state index is 0.287. The number of rotatable bonds is 4. The zero-order valence-electron chi connectivity index (χ0n) is 8.68. The molecule has 1 rings (SSSR count). The van der Waals surface area contributed by atoms with Crippen LogP contribution in [-0.2, 0) is 4.74 Å². The number of allylic oxidation sites excluding steroid dienone is 1. The highest BCUT2D eigenvalue weighted by Crippen LogP contribution is 2.24. The largest absolute Gasteiger partial charge is 0.373 e. The van der Waals surface area contributed by atoms with Crippen LogP contribution in [0.25, 0.3) is 0 Å². The van der Waals surface area contributed by atoms with E-state index in [-0.39, 0.29) is 6.10 Å². The Morgan fingerprint density at radius 3 is 3.14 bits per heavy atom. The zero-order valence-corrected chi connectivity index (χ0v) is 10.3. The highest BCUT2D eigenvalue weighted by atomic mass is 79.9. The van der Waals surface area contributed by atoms with Crippen LogP contribution in [-0.4, -0.2) is 12.7 Å². The summed E-state index contributed by atoms with van der Waals surface area (Å²) in [6, 6.07) is 0. The molecule has 0 amide bonds. The van der Waals surface area contributed by atoms with E-state index in [1.165, 1.54) is 30.2 Å². The molecule has 0 radical (unpaired) electrons. The normalized spacial score (nSPS) is 27.2. The van der Waals surface area contributed by atoms with Gasteiger partial charge in [-0.05, 0) is 25.7 Å². The van der Waals surface area contributed by atoms with Crippen molar-refractivity contribution in [3.8, 4) is 0 Å². The van der Waals surface area contributed by atoms with Crippen LogP contribution < -0.4 is 0 Å². The third-order valence-electron chi connectivity index (χ3n) is 2.46. The Labute approximate surface area is 95.3 Å². The van der Waals surface area contributed by atoms with E-state index in [1.807, 2.05) is 6.08 Å². The van der Waals surface area contributed by atoms with Gasteiger partial charge in [0.25, 0.3) is 0 Å². The molecule has 0 aliphatic heterocycles. The Hall–Kier alpha value is -0.0800. The van der Waals surface area contributed by atoms with Crippen molar-refractivity contribution >= 4 is 15.9 Å². The van der Waals surface area contributed by atoms with Crippen molar-refractivity contribution in [1.82, 2.24) is 0 Å². The number of hydrogen-bond donors (Lipinski definition) is 0. The Bertz CT molecular complexity index is 198. The lowest BCUT2D eigenvalue weighted by Crippen LogP contribution is -2.15. The van der Waals surface area contributed by atoms with Crippen LogP contribution >= 0.6 is 15.9 Å². The van der Waals surface area contributed by atoms with Crippen molar-refractivity contribution in [2.45, 2.75) is 44.6 Å². The summed E-state index contributed by atoms with van der Waals surface area (Å²) in [4.78, 5) is 0. The number of hydrogen-bond acceptors (Lipinski definition) is 1. The molecule has 0 spiro atoms. The first-order valence-electron chi connectivity index (χ1n) is 5.42. The topological polar surface area (TPSA) is 9.23 Å². The van der Waals surface area contributed by atoms with Gasteiger partial charge in [-0.2, -0.15) is 0 Å². The van der Waals surface area contributed by atoms with Crippen LogP contribution in [0.15, 0.2) is 23.2 Å². The molecule has 1 atom stereocenters. The molecule has 0 aromatic rings. The smallest absolute Gasteiger partial charge is 0.0886 e. The van der Waals surface area contributed by atoms with Crippen molar-refractivity contribution in [3.63, 3.8) is 0 Å². The number of halogens is 1. The second-order valence-electron chi connectivity index (χ2n) is 3.66. The van der Waals surface area contributed by atoms with Crippen molar-refractivity contribution in [2.75, 3.05) is 6.61 Å². The van der Waals surface area contributed by atoms with Gasteiger partial charge in [0.2, 0.25) is 0 Å². The van der Waals surface area contributed by atoms with Gasteiger partial charge < -0.3 is 4.74 Å². The van der Waals surface area contributed by atoms with Crippen LogP contribution in [0.3, 0.4) is 0 Å². The second-order valence-corrected chi connectivity index (χ2v) is 4.58. The summed E-state index contributed by atoms with van der Waals surface area (Å²) in [5, 5.41) is 0. The van der Waals surface area contributed by atoms with E-state index in [0.29, 0.717) is 0 Å². The van der Waals surface area contributed by atoms with Gasteiger partial charge in [0.05, 0.1) is 12.7 Å². The minimum absolute atomic E-state index is 0.287. The van der Waals surface area contributed by atoms with E-state index in [1.54, 1.807) is 0 Å². The van der Waals surface area contributed by atoms with E-state index in [4.69, 9.17) is 4.74 Å². The van der Waals surface area contributed by atoms with Gasteiger partial charge in [-0.15, -0.1) is 6.58 Å². The summed E-state index contributed by atoms with van der Waals surface area (Å²) in [6.45, 7) is 4.48. The molecule has 14 heavy (non-hydrogen) atoms. The van der Waals surface area contributed by atoms with Crippen LogP contribution in [0.1, 0.15) is 38.5 Å². The highest BCUT2D eigenvalue weighted by Gasteiger charge is 2.13. The van der Waals surface area contributed by atoms with Gasteiger partial charge >= 0.3 is 0 Å². The summed E-state index contributed by atoms with van der Waals surface area (Å²) in [7, 11) is 0. The Morgan fingerprint density at radius 1 is 1.50 bits per heavy atom. The first kappa shape index (κ1) is 12.0. The molecule has 0 saturated carbocycles. The predicted molar refractivity (Wildman–Crippen MR) is 64.6 cm³/mol. The highest BCUT2D eigenvalue weighted by molar-refractivity contribution is 9.11. The molecule has 1 aliphatic carbocycles. The number of ether oxygens (including phenoxy) is 1. The van der Waals surface area contributed by atoms with Crippen molar-refractivity contribution < 1.29 is 4.74 Å².